The maximum absolute atomic E-state index is 2.41. The highest BCUT2D eigenvalue weighted by atomic mass is 14.3. The van der Waals surface area contributed by atoms with Crippen molar-refractivity contribution >= 4 is 0 Å². The van der Waals surface area contributed by atoms with Crippen LogP contribution in [0.4, 0.5) is 0 Å². The van der Waals surface area contributed by atoms with Crippen molar-refractivity contribution in [1.82, 2.24) is 0 Å². The molecule has 0 heterocycles. The first-order chi connectivity index (χ1) is 18.8. The monoisotopic (exact) mass is 536 g/mol. The van der Waals surface area contributed by atoms with Crippen LogP contribution < -0.4 is 0 Å². The zero-order chi connectivity index (χ0) is 29.8. The van der Waals surface area contributed by atoms with E-state index in [0.717, 1.165) is 0 Å². The Labute approximate surface area is 247 Å². The molecule has 0 saturated carbocycles. The van der Waals surface area contributed by atoms with Crippen LogP contribution in [0.25, 0.3) is 0 Å². The molecular formula is C40H56. The van der Waals surface area contributed by atoms with Gasteiger partial charge >= 0.3 is 0 Å². The van der Waals surface area contributed by atoms with Crippen LogP contribution in [0.5, 0.6) is 0 Å². The lowest BCUT2D eigenvalue weighted by atomic mass is 9.68. The summed E-state index contributed by atoms with van der Waals surface area (Å²) in [6.07, 6.45) is 39.5. The largest absolute Gasteiger partial charge is 0.0850 e. The van der Waals surface area contributed by atoms with Gasteiger partial charge in [-0.1, -0.05) is 152 Å². The van der Waals surface area contributed by atoms with E-state index in [0.29, 0.717) is 16.7 Å². The molecular weight excluding hydrogens is 480 g/mol. The quantitative estimate of drug-likeness (QED) is 0.192. The lowest BCUT2D eigenvalue weighted by molar-refractivity contribution is 0.255. The average molecular weight is 537 g/mol. The summed E-state index contributed by atoms with van der Waals surface area (Å²) in [7, 11) is 0. The van der Waals surface area contributed by atoms with Crippen LogP contribution in [0, 0.1) is 16.7 Å². The van der Waals surface area contributed by atoms with Crippen molar-refractivity contribution in [2.45, 2.75) is 101 Å². The second-order valence-corrected chi connectivity index (χ2v) is 13.3. The lowest BCUT2D eigenvalue weighted by Gasteiger charge is -2.36. The molecule has 0 radical (unpaired) electrons. The van der Waals surface area contributed by atoms with E-state index in [2.05, 4.69) is 160 Å². The van der Waals surface area contributed by atoms with Gasteiger partial charge in [0, 0.05) is 5.92 Å². The summed E-state index contributed by atoms with van der Waals surface area (Å²) in [4.78, 5) is 0. The van der Waals surface area contributed by atoms with Crippen molar-refractivity contribution in [3.8, 4) is 0 Å². The highest BCUT2D eigenvalue weighted by Gasteiger charge is 2.30. The standard InChI is InChI=1S/C40H56/c1-31(19-13-21-33(3)25-27-37-35(5)23-15-29-39(37,7)8)17-11-12-18-32(2)20-14-22-34(4)26-28-38-36(6)24-16-30-40(38,9)10/h11-14,17-23,25-28,37H,15-16,24,29-30H2,1-10H3/b12-11+,19-13+,20-14+,27-25+,28-26+,31-17+,32-18-,33-21+,34-22+/t37-/m0/s1. The minimum atomic E-state index is 0.291. The smallest absolute Gasteiger partial charge is 0.00285 e. The fraction of sp³-hybridized carbons (Fsp3) is 0.450. The van der Waals surface area contributed by atoms with Crippen LogP contribution in [0.15, 0.2) is 130 Å². The molecule has 40 heavy (non-hydrogen) atoms. The van der Waals surface area contributed by atoms with Gasteiger partial charge in [0.15, 0.2) is 0 Å². The Morgan fingerprint density at radius 3 is 1.77 bits per heavy atom. The molecule has 2 aliphatic rings. The summed E-state index contributed by atoms with van der Waals surface area (Å²) >= 11 is 0. The van der Waals surface area contributed by atoms with E-state index in [4.69, 9.17) is 0 Å². The summed E-state index contributed by atoms with van der Waals surface area (Å²) in [6.45, 7) is 22.7. The molecule has 2 aliphatic carbocycles. The normalized spacial score (nSPS) is 23.6. The molecule has 0 amide bonds. The Hall–Kier alpha value is -2.86. The van der Waals surface area contributed by atoms with Crippen LogP contribution in [0.3, 0.4) is 0 Å². The van der Waals surface area contributed by atoms with E-state index in [-0.39, 0.29) is 0 Å². The molecule has 216 valence electrons. The van der Waals surface area contributed by atoms with Gasteiger partial charge < -0.3 is 0 Å². The molecule has 0 fully saturated rings. The second kappa shape index (κ2) is 15.8. The van der Waals surface area contributed by atoms with Crippen LogP contribution >= 0.6 is 0 Å². The number of allylic oxidation sites excluding steroid dienone is 22. The van der Waals surface area contributed by atoms with E-state index in [1.165, 1.54) is 65.5 Å². The van der Waals surface area contributed by atoms with E-state index < -0.39 is 0 Å². The first-order valence-electron chi connectivity index (χ1n) is 15.3. The van der Waals surface area contributed by atoms with E-state index in [1.54, 1.807) is 5.57 Å². The Kier molecular flexibility index (Phi) is 13.2. The molecule has 0 nitrogen and oxygen atoms in total. The van der Waals surface area contributed by atoms with Crippen molar-refractivity contribution < 1.29 is 0 Å². The molecule has 0 unspecified atom stereocenters. The topological polar surface area (TPSA) is 0 Å². The molecule has 0 aliphatic heterocycles. The Balaban J connectivity index is 1.88. The van der Waals surface area contributed by atoms with Crippen LogP contribution in [-0.4, -0.2) is 0 Å². The minimum absolute atomic E-state index is 0.291. The molecule has 0 bridgehead atoms. The summed E-state index contributed by atoms with van der Waals surface area (Å²) in [6, 6.07) is 0. The second-order valence-electron chi connectivity index (χ2n) is 13.3. The van der Waals surface area contributed by atoms with Crippen molar-refractivity contribution in [1.29, 1.82) is 0 Å². The summed E-state index contributed by atoms with van der Waals surface area (Å²) in [5, 5.41) is 0. The van der Waals surface area contributed by atoms with Gasteiger partial charge in [0.1, 0.15) is 0 Å². The van der Waals surface area contributed by atoms with Crippen LogP contribution in [-0.2, 0) is 0 Å². The molecule has 1 atom stereocenters. The molecule has 0 heteroatoms. The number of hydrogen-bond donors (Lipinski definition) is 0. The number of rotatable bonds is 10. The van der Waals surface area contributed by atoms with Crippen molar-refractivity contribution in [3.05, 3.63) is 130 Å². The third-order valence-electron chi connectivity index (χ3n) is 8.46. The van der Waals surface area contributed by atoms with Crippen molar-refractivity contribution in [2.24, 2.45) is 16.7 Å². The first-order valence-corrected chi connectivity index (χ1v) is 15.3. The summed E-state index contributed by atoms with van der Waals surface area (Å²) in [5.41, 5.74) is 10.2. The molecule has 0 spiro atoms. The SMILES string of the molecule is CC1=CCCC(C)(C)[C@H]1/C=C/C(C)=C/C=C/C(C)=C/C=C/C=C(C)\C=C\C=C(C)\C=C\C1=C(C)CCCC1(C)C. The van der Waals surface area contributed by atoms with Gasteiger partial charge in [0.25, 0.3) is 0 Å². The van der Waals surface area contributed by atoms with Gasteiger partial charge in [-0.05, 0) is 90.0 Å². The van der Waals surface area contributed by atoms with Crippen LogP contribution in [0.1, 0.15) is 101 Å². The predicted octanol–water partition coefficient (Wildman–Crippen LogP) is 12.5. The predicted molar refractivity (Wildman–Crippen MR) is 181 cm³/mol. The van der Waals surface area contributed by atoms with Gasteiger partial charge in [0.2, 0.25) is 0 Å². The fourth-order valence-electron chi connectivity index (χ4n) is 5.80. The molecule has 0 aromatic carbocycles. The van der Waals surface area contributed by atoms with Gasteiger partial charge in [-0.25, -0.2) is 0 Å². The maximum atomic E-state index is 2.41. The van der Waals surface area contributed by atoms with Crippen LogP contribution in [0.2, 0.25) is 0 Å². The van der Waals surface area contributed by atoms with E-state index >= 15 is 0 Å². The minimum Gasteiger partial charge on any atom is -0.0850 e. The third kappa shape index (κ3) is 11.3. The highest BCUT2D eigenvalue weighted by Crippen LogP contribution is 2.42. The molecule has 0 saturated heterocycles. The Morgan fingerprint density at radius 1 is 0.700 bits per heavy atom. The average Bonchev–Trinajstić information content (AvgIpc) is 2.85. The molecule has 0 aromatic rings. The summed E-state index contributed by atoms with van der Waals surface area (Å²) in [5.74, 6) is 0.532. The third-order valence-corrected chi connectivity index (χ3v) is 8.46. The lowest BCUT2D eigenvalue weighted by Crippen LogP contribution is -2.26. The fourth-order valence-corrected chi connectivity index (χ4v) is 5.80. The first kappa shape index (κ1) is 33.3. The Morgan fingerprint density at radius 2 is 1.23 bits per heavy atom. The zero-order valence-corrected chi connectivity index (χ0v) is 27.3. The molecule has 0 aromatic heterocycles. The summed E-state index contributed by atoms with van der Waals surface area (Å²) < 4.78 is 0. The zero-order valence-electron chi connectivity index (χ0n) is 27.3. The van der Waals surface area contributed by atoms with Crippen molar-refractivity contribution in [3.63, 3.8) is 0 Å². The molecule has 2 rings (SSSR count). The van der Waals surface area contributed by atoms with Crippen molar-refractivity contribution in [2.75, 3.05) is 0 Å². The van der Waals surface area contributed by atoms with E-state index in [1.807, 2.05) is 0 Å². The highest BCUT2D eigenvalue weighted by molar-refractivity contribution is 5.37. The van der Waals surface area contributed by atoms with Gasteiger partial charge in [-0.2, -0.15) is 0 Å². The Bertz CT molecular complexity index is 1200. The van der Waals surface area contributed by atoms with E-state index in [9.17, 15) is 0 Å². The van der Waals surface area contributed by atoms with Gasteiger partial charge in [0.05, 0.1) is 0 Å². The molecule has 0 N–H and O–H groups in total. The maximum Gasteiger partial charge on any atom is 0.00285 e. The number of hydrogen-bond acceptors (Lipinski definition) is 0. The van der Waals surface area contributed by atoms with Gasteiger partial charge in [-0.15, -0.1) is 0 Å². The van der Waals surface area contributed by atoms with Gasteiger partial charge in [-0.3, -0.25) is 0 Å².